The fraction of sp³-hybridized carbons (Fsp3) is 0.750. The van der Waals surface area contributed by atoms with Gasteiger partial charge < -0.3 is 15.4 Å². The number of nitrogens with two attached hydrogens (primary N) is 1. The fourth-order valence-electron chi connectivity index (χ4n) is 3.45. The number of allylic oxidation sites excluding steroid dienone is 1. The Morgan fingerprint density at radius 1 is 1.43 bits per heavy atom. The van der Waals surface area contributed by atoms with E-state index in [4.69, 9.17) is 10.5 Å². The van der Waals surface area contributed by atoms with Crippen LogP contribution in [0.5, 0.6) is 0 Å². The summed E-state index contributed by atoms with van der Waals surface area (Å²) in [5, 5.41) is 0. The highest BCUT2D eigenvalue weighted by molar-refractivity contribution is 5.96. The SMILES string of the molecule is COCC1(C(N)=O)CCCN1C(=O)C=C1CCC(C)CC1. The second-order valence-electron chi connectivity index (χ2n) is 6.41. The molecule has 0 radical (unpaired) electrons. The van der Waals surface area contributed by atoms with Crippen LogP contribution in [0.4, 0.5) is 0 Å². The lowest BCUT2D eigenvalue weighted by Gasteiger charge is -2.34. The van der Waals surface area contributed by atoms with Crippen molar-refractivity contribution in [1.82, 2.24) is 4.90 Å². The topological polar surface area (TPSA) is 72.6 Å². The van der Waals surface area contributed by atoms with E-state index in [1.807, 2.05) is 0 Å². The van der Waals surface area contributed by atoms with Crippen LogP contribution in [0.1, 0.15) is 45.4 Å². The van der Waals surface area contributed by atoms with Crippen molar-refractivity contribution in [3.05, 3.63) is 11.6 Å². The van der Waals surface area contributed by atoms with E-state index in [2.05, 4.69) is 6.92 Å². The zero-order valence-electron chi connectivity index (χ0n) is 13.1. The molecule has 1 unspecified atom stereocenters. The summed E-state index contributed by atoms with van der Waals surface area (Å²) in [5.41, 5.74) is 5.79. The molecule has 2 fully saturated rings. The number of hydrogen-bond donors (Lipinski definition) is 1. The van der Waals surface area contributed by atoms with Gasteiger partial charge in [-0.2, -0.15) is 0 Å². The maximum Gasteiger partial charge on any atom is 0.247 e. The minimum absolute atomic E-state index is 0.0899. The van der Waals surface area contributed by atoms with E-state index in [0.29, 0.717) is 13.0 Å². The predicted molar refractivity (Wildman–Crippen MR) is 80.5 cm³/mol. The van der Waals surface area contributed by atoms with Crippen LogP contribution in [0.3, 0.4) is 0 Å². The van der Waals surface area contributed by atoms with E-state index in [-0.39, 0.29) is 12.5 Å². The third-order valence-electron chi connectivity index (χ3n) is 4.84. The highest BCUT2D eigenvalue weighted by Crippen LogP contribution is 2.32. The molecule has 1 aliphatic carbocycles. The Morgan fingerprint density at radius 2 is 2.10 bits per heavy atom. The van der Waals surface area contributed by atoms with Crippen LogP contribution < -0.4 is 5.73 Å². The Morgan fingerprint density at radius 3 is 2.67 bits per heavy atom. The molecule has 2 rings (SSSR count). The van der Waals surface area contributed by atoms with Gasteiger partial charge in [0.1, 0.15) is 5.54 Å². The van der Waals surface area contributed by atoms with Gasteiger partial charge in [0.2, 0.25) is 11.8 Å². The average molecular weight is 294 g/mol. The minimum Gasteiger partial charge on any atom is -0.382 e. The summed E-state index contributed by atoms with van der Waals surface area (Å²) in [5.74, 6) is 0.181. The third-order valence-corrected chi connectivity index (χ3v) is 4.84. The van der Waals surface area contributed by atoms with E-state index >= 15 is 0 Å². The summed E-state index contributed by atoms with van der Waals surface area (Å²) >= 11 is 0. The van der Waals surface area contributed by atoms with Crippen molar-refractivity contribution in [2.75, 3.05) is 20.3 Å². The smallest absolute Gasteiger partial charge is 0.247 e. The number of likely N-dealkylation sites (tertiary alicyclic amines) is 1. The molecule has 21 heavy (non-hydrogen) atoms. The summed E-state index contributed by atoms with van der Waals surface area (Å²) in [7, 11) is 1.53. The van der Waals surface area contributed by atoms with Crippen LogP contribution in [-0.4, -0.2) is 42.5 Å². The molecule has 1 aliphatic heterocycles. The van der Waals surface area contributed by atoms with Crippen LogP contribution in [0.25, 0.3) is 0 Å². The molecule has 2 amide bonds. The van der Waals surface area contributed by atoms with Gasteiger partial charge in [-0.05, 0) is 44.4 Å². The number of amides is 2. The average Bonchev–Trinajstić information content (AvgIpc) is 2.87. The molecule has 0 aromatic heterocycles. The van der Waals surface area contributed by atoms with Crippen LogP contribution in [0.15, 0.2) is 11.6 Å². The Labute approximate surface area is 126 Å². The second kappa shape index (κ2) is 6.60. The van der Waals surface area contributed by atoms with Crippen LogP contribution in [0.2, 0.25) is 0 Å². The molecule has 1 saturated heterocycles. The maximum atomic E-state index is 12.6. The van der Waals surface area contributed by atoms with Gasteiger partial charge in [-0.3, -0.25) is 9.59 Å². The summed E-state index contributed by atoms with van der Waals surface area (Å²) < 4.78 is 5.16. The number of carbonyl (C=O) groups excluding carboxylic acids is 2. The minimum atomic E-state index is -0.967. The van der Waals surface area contributed by atoms with Gasteiger partial charge in [0.05, 0.1) is 6.61 Å². The zero-order chi connectivity index (χ0) is 15.5. The third kappa shape index (κ3) is 3.28. The van der Waals surface area contributed by atoms with E-state index in [1.54, 1.807) is 11.0 Å². The monoisotopic (exact) mass is 294 g/mol. The number of ether oxygens (including phenoxy) is 1. The first kappa shape index (κ1) is 16.0. The van der Waals surface area contributed by atoms with Crippen molar-refractivity contribution < 1.29 is 14.3 Å². The zero-order valence-corrected chi connectivity index (χ0v) is 13.1. The predicted octanol–water partition coefficient (Wildman–Crippen LogP) is 1.62. The molecule has 0 aromatic rings. The Kier molecular flexibility index (Phi) is 5.04. The number of nitrogens with zero attached hydrogens (tertiary/aromatic N) is 1. The maximum absolute atomic E-state index is 12.6. The molecule has 118 valence electrons. The lowest BCUT2D eigenvalue weighted by atomic mass is 9.87. The van der Waals surface area contributed by atoms with Crippen LogP contribution >= 0.6 is 0 Å². The van der Waals surface area contributed by atoms with Gasteiger partial charge in [-0.15, -0.1) is 0 Å². The van der Waals surface area contributed by atoms with Crippen molar-refractivity contribution in [2.24, 2.45) is 11.7 Å². The summed E-state index contributed by atoms with van der Waals surface area (Å²) in [6.07, 6.45) is 7.34. The number of carbonyl (C=O) groups is 2. The molecule has 0 spiro atoms. The molecular formula is C16H26N2O3. The highest BCUT2D eigenvalue weighted by atomic mass is 16.5. The molecule has 1 saturated carbocycles. The van der Waals surface area contributed by atoms with Crippen molar-refractivity contribution >= 4 is 11.8 Å². The number of rotatable bonds is 4. The standard InChI is InChI=1S/C16H26N2O3/c1-12-4-6-13(7-5-12)10-14(19)18-9-3-8-16(18,11-21-2)15(17)20/h10,12H,3-9,11H2,1-2H3,(H2,17,20). The summed E-state index contributed by atoms with van der Waals surface area (Å²) in [6.45, 7) is 3.00. The number of methoxy groups -OCH3 is 1. The lowest BCUT2D eigenvalue weighted by Crippen LogP contribution is -2.58. The number of primary amides is 1. The number of hydrogen-bond acceptors (Lipinski definition) is 3. The van der Waals surface area contributed by atoms with Gasteiger partial charge in [-0.25, -0.2) is 0 Å². The molecule has 0 bridgehead atoms. The molecule has 2 N–H and O–H groups in total. The highest BCUT2D eigenvalue weighted by Gasteiger charge is 2.48. The Balaban J connectivity index is 2.13. The van der Waals surface area contributed by atoms with Crippen molar-refractivity contribution in [3.8, 4) is 0 Å². The largest absolute Gasteiger partial charge is 0.382 e. The van der Waals surface area contributed by atoms with Gasteiger partial charge in [-0.1, -0.05) is 12.5 Å². The van der Waals surface area contributed by atoms with Crippen molar-refractivity contribution in [3.63, 3.8) is 0 Å². The molecule has 2 aliphatic rings. The molecule has 5 heteroatoms. The first-order valence-corrected chi connectivity index (χ1v) is 7.79. The van der Waals surface area contributed by atoms with Crippen molar-refractivity contribution in [2.45, 2.75) is 51.0 Å². The quantitative estimate of drug-likeness (QED) is 0.801. The van der Waals surface area contributed by atoms with E-state index < -0.39 is 11.4 Å². The molecule has 1 atom stereocenters. The summed E-state index contributed by atoms with van der Waals surface area (Å²) in [6, 6.07) is 0. The molecule has 5 nitrogen and oxygen atoms in total. The van der Waals surface area contributed by atoms with E-state index in [1.165, 1.54) is 12.7 Å². The van der Waals surface area contributed by atoms with Crippen LogP contribution in [-0.2, 0) is 14.3 Å². The second-order valence-corrected chi connectivity index (χ2v) is 6.41. The first-order chi connectivity index (χ1) is 9.99. The van der Waals surface area contributed by atoms with E-state index in [9.17, 15) is 9.59 Å². The Bertz CT molecular complexity index is 437. The van der Waals surface area contributed by atoms with Gasteiger partial charge in [0, 0.05) is 19.7 Å². The summed E-state index contributed by atoms with van der Waals surface area (Å²) in [4.78, 5) is 26.1. The van der Waals surface area contributed by atoms with Gasteiger partial charge in [0.25, 0.3) is 0 Å². The molecule has 1 heterocycles. The van der Waals surface area contributed by atoms with Gasteiger partial charge in [0.15, 0.2) is 0 Å². The van der Waals surface area contributed by atoms with Gasteiger partial charge >= 0.3 is 0 Å². The van der Waals surface area contributed by atoms with E-state index in [0.717, 1.165) is 38.0 Å². The molecular weight excluding hydrogens is 268 g/mol. The Hall–Kier alpha value is -1.36. The molecule has 0 aromatic carbocycles. The first-order valence-electron chi connectivity index (χ1n) is 7.79. The van der Waals surface area contributed by atoms with Crippen LogP contribution in [0, 0.1) is 5.92 Å². The lowest BCUT2D eigenvalue weighted by molar-refractivity contribution is -0.143. The van der Waals surface area contributed by atoms with Crippen molar-refractivity contribution in [1.29, 1.82) is 0 Å². The fourth-order valence-corrected chi connectivity index (χ4v) is 3.45. The normalized spacial score (nSPS) is 29.5.